The Bertz CT molecular complexity index is 907. The molecule has 7 heteroatoms. The van der Waals surface area contributed by atoms with E-state index in [1.54, 1.807) is 18.3 Å². The summed E-state index contributed by atoms with van der Waals surface area (Å²) in [4.78, 5) is 15.5. The van der Waals surface area contributed by atoms with Crippen LogP contribution in [0.15, 0.2) is 35.4 Å². The van der Waals surface area contributed by atoms with Crippen molar-refractivity contribution in [3.63, 3.8) is 0 Å². The van der Waals surface area contributed by atoms with E-state index in [2.05, 4.69) is 9.71 Å². The van der Waals surface area contributed by atoms with Crippen LogP contribution in [0.3, 0.4) is 0 Å². The van der Waals surface area contributed by atoms with Crippen LogP contribution in [0.1, 0.15) is 39.2 Å². The lowest BCUT2D eigenvalue weighted by Gasteiger charge is -2.13. The second-order valence-electron chi connectivity index (χ2n) is 5.84. The number of nitrogens with zero attached hydrogens (tertiary/aromatic N) is 1. The van der Waals surface area contributed by atoms with Crippen molar-refractivity contribution >= 4 is 16.0 Å². The first-order chi connectivity index (χ1) is 11.4. The van der Waals surface area contributed by atoms with Gasteiger partial charge in [0.2, 0.25) is 10.0 Å². The van der Waals surface area contributed by atoms with Crippen LogP contribution >= 0.6 is 0 Å². The maximum absolute atomic E-state index is 12.7. The SMILES string of the molecule is Cc1ncccc1CNS(=O)(=O)c1cc(C(=O)O)cc2c1CCC2. The molecule has 0 atom stereocenters. The lowest BCUT2D eigenvalue weighted by molar-refractivity contribution is 0.0696. The van der Waals surface area contributed by atoms with E-state index in [9.17, 15) is 18.3 Å². The number of aromatic carboxylic acids is 1. The molecule has 2 aromatic rings. The van der Waals surface area contributed by atoms with Crippen LogP contribution in [0.2, 0.25) is 0 Å². The van der Waals surface area contributed by atoms with Gasteiger partial charge in [0, 0.05) is 18.4 Å². The zero-order chi connectivity index (χ0) is 17.3. The first-order valence-electron chi connectivity index (χ1n) is 7.68. The van der Waals surface area contributed by atoms with Crippen LogP contribution in [-0.2, 0) is 29.4 Å². The van der Waals surface area contributed by atoms with Gasteiger partial charge in [0.1, 0.15) is 0 Å². The second-order valence-corrected chi connectivity index (χ2v) is 7.58. The molecule has 0 spiro atoms. The van der Waals surface area contributed by atoms with Crippen LogP contribution in [0.25, 0.3) is 0 Å². The van der Waals surface area contributed by atoms with Gasteiger partial charge in [-0.15, -0.1) is 0 Å². The number of hydrogen-bond acceptors (Lipinski definition) is 4. The molecule has 1 aliphatic carbocycles. The van der Waals surface area contributed by atoms with Gasteiger partial charge < -0.3 is 5.11 Å². The smallest absolute Gasteiger partial charge is 0.335 e. The number of carboxylic acid groups (broad SMARTS) is 1. The van der Waals surface area contributed by atoms with E-state index >= 15 is 0 Å². The number of sulfonamides is 1. The third kappa shape index (κ3) is 3.18. The Hall–Kier alpha value is -2.25. The van der Waals surface area contributed by atoms with Crippen molar-refractivity contribution in [1.29, 1.82) is 0 Å². The lowest BCUT2D eigenvalue weighted by Crippen LogP contribution is -2.25. The minimum Gasteiger partial charge on any atom is -0.478 e. The van der Waals surface area contributed by atoms with Gasteiger partial charge in [0.25, 0.3) is 0 Å². The maximum atomic E-state index is 12.7. The Morgan fingerprint density at radius 3 is 2.83 bits per heavy atom. The van der Waals surface area contributed by atoms with Gasteiger partial charge in [-0.25, -0.2) is 17.9 Å². The molecule has 3 rings (SSSR count). The van der Waals surface area contributed by atoms with Crippen LogP contribution in [0, 0.1) is 6.92 Å². The predicted octanol–water partition coefficient (Wildman–Crippen LogP) is 2.06. The fourth-order valence-electron chi connectivity index (χ4n) is 2.98. The molecule has 0 bridgehead atoms. The van der Waals surface area contributed by atoms with E-state index in [4.69, 9.17) is 0 Å². The number of aromatic nitrogens is 1. The normalized spacial score (nSPS) is 13.7. The first-order valence-corrected chi connectivity index (χ1v) is 9.16. The van der Waals surface area contributed by atoms with Gasteiger partial charge in [-0.3, -0.25) is 4.98 Å². The van der Waals surface area contributed by atoms with E-state index in [1.807, 2.05) is 13.0 Å². The Morgan fingerprint density at radius 2 is 2.12 bits per heavy atom. The van der Waals surface area contributed by atoms with Gasteiger partial charge in [0.15, 0.2) is 0 Å². The Morgan fingerprint density at radius 1 is 1.33 bits per heavy atom. The van der Waals surface area contributed by atoms with Crippen molar-refractivity contribution in [1.82, 2.24) is 9.71 Å². The zero-order valence-corrected chi connectivity index (χ0v) is 14.1. The monoisotopic (exact) mass is 346 g/mol. The molecule has 1 aromatic carbocycles. The lowest BCUT2D eigenvalue weighted by atomic mass is 10.1. The Labute approximate surface area is 140 Å². The average molecular weight is 346 g/mol. The highest BCUT2D eigenvalue weighted by Gasteiger charge is 2.26. The van der Waals surface area contributed by atoms with E-state index in [0.717, 1.165) is 28.8 Å². The van der Waals surface area contributed by atoms with Gasteiger partial charge in [-0.2, -0.15) is 0 Å². The molecule has 0 unspecified atom stereocenters. The second kappa shape index (κ2) is 6.33. The quantitative estimate of drug-likeness (QED) is 0.864. The highest BCUT2D eigenvalue weighted by atomic mass is 32.2. The third-order valence-electron chi connectivity index (χ3n) is 4.28. The molecule has 24 heavy (non-hydrogen) atoms. The molecule has 1 heterocycles. The largest absolute Gasteiger partial charge is 0.478 e. The highest BCUT2D eigenvalue weighted by Crippen LogP contribution is 2.30. The van der Waals surface area contributed by atoms with Crippen LogP contribution in [0.5, 0.6) is 0 Å². The molecule has 1 aliphatic rings. The van der Waals surface area contributed by atoms with Crippen molar-refractivity contribution in [2.24, 2.45) is 0 Å². The topological polar surface area (TPSA) is 96.4 Å². The summed E-state index contributed by atoms with van der Waals surface area (Å²) in [6.07, 6.45) is 3.84. The summed E-state index contributed by atoms with van der Waals surface area (Å²) in [6, 6.07) is 6.39. The summed E-state index contributed by atoms with van der Waals surface area (Å²) in [5.74, 6) is -1.12. The number of hydrogen-bond donors (Lipinski definition) is 2. The Balaban J connectivity index is 1.95. The van der Waals surface area contributed by atoms with E-state index in [0.29, 0.717) is 12.8 Å². The van der Waals surface area contributed by atoms with Gasteiger partial charge in [-0.05, 0) is 61.1 Å². The summed E-state index contributed by atoms with van der Waals surface area (Å²) in [7, 11) is -3.80. The number of rotatable bonds is 5. The maximum Gasteiger partial charge on any atom is 0.335 e. The summed E-state index contributed by atoms with van der Waals surface area (Å²) >= 11 is 0. The number of aryl methyl sites for hydroxylation is 2. The molecule has 0 radical (unpaired) electrons. The first kappa shape index (κ1) is 16.6. The zero-order valence-electron chi connectivity index (χ0n) is 13.2. The summed E-state index contributed by atoms with van der Waals surface area (Å²) < 4.78 is 28.0. The number of nitrogens with one attached hydrogen (secondary N) is 1. The number of carbonyl (C=O) groups is 1. The van der Waals surface area contributed by atoms with Crippen LogP contribution in [-0.4, -0.2) is 24.5 Å². The molecule has 0 amide bonds. The molecular weight excluding hydrogens is 328 g/mol. The minimum absolute atomic E-state index is 0.00795. The van der Waals surface area contributed by atoms with Crippen molar-refractivity contribution in [3.8, 4) is 0 Å². The van der Waals surface area contributed by atoms with E-state index in [-0.39, 0.29) is 17.0 Å². The standard InChI is InChI=1S/C17H18N2O4S/c1-11-13(5-3-7-18-11)10-19-24(22,23)16-9-14(17(20)21)8-12-4-2-6-15(12)16/h3,5,7-9,19H,2,4,6,10H2,1H3,(H,20,21). The fraction of sp³-hybridized carbons (Fsp3) is 0.294. The fourth-order valence-corrected chi connectivity index (χ4v) is 4.32. The number of fused-ring (bicyclic) bond motifs is 1. The molecule has 126 valence electrons. The third-order valence-corrected chi connectivity index (χ3v) is 5.75. The number of carboxylic acids is 1. The molecule has 2 N–H and O–H groups in total. The minimum atomic E-state index is -3.80. The summed E-state index contributed by atoms with van der Waals surface area (Å²) in [5.41, 5.74) is 3.09. The van der Waals surface area contributed by atoms with Crippen LogP contribution in [0.4, 0.5) is 0 Å². The van der Waals surface area contributed by atoms with Crippen molar-refractivity contribution < 1.29 is 18.3 Å². The van der Waals surface area contributed by atoms with Gasteiger partial charge in [0.05, 0.1) is 10.5 Å². The summed E-state index contributed by atoms with van der Waals surface area (Å²) in [5, 5.41) is 9.23. The van der Waals surface area contributed by atoms with Crippen molar-refractivity contribution in [2.75, 3.05) is 0 Å². The molecule has 6 nitrogen and oxygen atoms in total. The van der Waals surface area contributed by atoms with Gasteiger partial charge >= 0.3 is 5.97 Å². The van der Waals surface area contributed by atoms with Crippen molar-refractivity contribution in [3.05, 3.63) is 58.4 Å². The summed E-state index contributed by atoms with van der Waals surface area (Å²) in [6.45, 7) is 1.93. The van der Waals surface area contributed by atoms with Crippen molar-refractivity contribution in [2.45, 2.75) is 37.6 Å². The molecule has 0 fully saturated rings. The van der Waals surface area contributed by atoms with E-state index < -0.39 is 16.0 Å². The van der Waals surface area contributed by atoms with Gasteiger partial charge in [-0.1, -0.05) is 6.07 Å². The number of benzene rings is 1. The average Bonchev–Trinajstić information content (AvgIpc) is 3.01. The van der Waals surface area contributed by atoms with E-state index in [1.165, 1.54) is 6.07 Å². The Kier molecular flexibility index (Phi) is 4.38. The molecule has 0 aliphatic heterocycles. The van der Waals surface area contributed by atoms with Crippen LogP contribution < -0.4 is 4.72 Å². The predicted molar refractivity (Wildman–Crippen MR) is 88.4 cm³/mol. The highest BCUT2D eigenvalue weighted by molar-refractivity contribution is 7.89. The molecular formula is C17H18N2O4S. The molecule has 0 saturated carbocycles. The molecule has 0 saturated heterocycles. The molecule has 1 aromatic heterocycles. The number of pyridine rings is 1.